The first-order chi connectivity index (χ1) is 14.4. The maximum absolute atomic E-state index is 12.2. The van der Waals surface area contributed by atoms with Crippen molar-refractivity contribution >= 4 is 17.6 Å². The van der Waals surface area contributed by atoms with Gasteiger partial charge in [-0.15, -0.1) is 5.10 Å². The highest BCUT2D eigenvalue weighted by Gasteiger charge is 2.15. The second-order valence-electron chi connectivity index (χ2n) is 6.35. The summed E-state index contributed by atoms with van der Waals surface area (Å²) in [5.41, 5.74) is 6.33. The highest BCUT2D eigenvalue weighted by molar-refractivity contribution is 5.70. The van der Waals surface area contributed by atoms with E-state index in [-0.39, 0.29) is 17.7 Å². The fourth-order valence-electron chi connectivity index (χ4n) is 2.92. The molecule has 12 heteroatoms. The molecule has 0 saturated carbocycles. The first-order valence-corrected chi connectivity index (χ1v) is 8.73. The zero-order valence-electron chi connectivity index (χ0n) is 16.4. The first-order valence-electron chi connectivity index (χ1n) is 8.73. The van der Waals surface area contributed by atoms with Crippen molar-refractivity contribution < 1.29 is 9.15 Å². The summed E-state index contributed by atoms with van der Waals surface area (Å²) in [4.78, 5) is 32.2. The van der Waals surface area contributed by atoms with Crippen molar-refractivity contribution in [2.75, 3.05) is 18.2 Å². The van der Waals surface area contributed by atoms with Crippen molar-refractivity contribution in [3.63, 3.8) is 0 Å². The Labute approximate surface area is 169 Å². The molecule has 12 nitrogen and oxygen atoms in total. The van der Waals surface area contributed by atoms with Crippen LogP contribution in [0.3, 0.4) is 0 Å². The maximum atomic E-state index is 12.2. The number of ether oxygens (including phenoxy) is 1. The minimum absolute atomic E-state index is 0.00555. The molecule has 4 rings (SSSR count). The van der Waals surface area contributed by atoms with Crippen LogP contribution in [0.5, 0.6) is 5.75 Å². The molecule has 3 aromatic heterocycles. The fraction of sp³-hybridized carbons (Fsp3) is 0.167. The van der Waals surface area contributed by atoms with Gasteiger partial charge in [0, 0.05) is 31.9 Å². The molecule has 0 unspecified atom stereocenters. The molecule has 0 saturated heterocycles. The summed E-state index contributed by atoms with van der Waals surface area (Å²) in [5.74, 6) is 1.50. The quantitative estimate of drug-likeness (QED) is 0.484. The van der Waals surface area contributed by atoms with Crippen molar-refractivity contribution in [3.8, 4) is 22.9 Å². The molecule has 0 atom stereocenters. The minimum atomic E-state index is -0.505. The molecule has 30 heavy (non-hydrogen) atoms. The number of methoxy groups -OCH3 is 1. The van der Waals surface area contributed by atoms with E-state index in [2.05, 4.69) is 20.4 Å². The molecule has 0 aliphatic carbocycles. The average Bonchev–Trinajstić information content (AvgIpc) is 3.39. The van der Waals surface area contributed by atoms with Gasteiger partial charge in [-0.3, -0.25) is 13.9 Å². The highest BCUT2D eigenvalue weighted by Crippen LogP contribution is 2.33. The van der Waals surface area contributed by atoms with Gasteiger partial charge in [0.1, 0.15) is 11.6 Å². The largest absolute Gasteiger partial charge is 0.496 e. The number of aromatic nitrogens is 6. The second kappa shape index (κ2) is 7.24. The Hall–Kier alpha value is -4.35. The number of hydrogen-bond acceptors (Lipinski definition) is 9. The Morgan fingerprint density at radius 2 is 1.97 bits per heavy atom. The summed E-state index contributed by atoms with van der Waals surface area (Å²) in [6.07, 6.45) is 2.92. The second-order valence-corrected chi connectivity index (χ2v) is 6.35. The van der Waals surface area contributed by atoms with Gasteiger partial charge in [0.2, 0.25) is 11.9 Å². The molecule has 0 spiro atoms. The number of hydrogen-bond donors (Lipinski definition) is 2. The van der Waals surface area contributed by atoms with Crippen LogP contribution in [-0.2, 0) is 14.1 Å². The van der Waals surface area contributed by atoms with Crippen molar-refractivity contribution in [2.24, 2.45) is 14.1 Å². The number of rotatable bonds is 5. The van der Waals surface area contributed by atoms with Crippen LogP contribution in [-0.4, -0.2) is 36.0 Å². The van der Waals surface area contributed by atoms with Gasteiger partial charge in [0.05, 0.1) is 18.9 Å². The molecule has 0 radical (unpaired) electrons. The fourth-order valence-corrected chi connectivity index (χ4v) is 2.92. The highest BCUT2D eigenvalue weighted by atomic mass is 16.5. The summed E-state index contributed by atoms with van der Waals surface area (Å²) in [6, 6.07) is 6.58. The van der Waals surface area contributed by atoms with Crippen LogP contribution >= 0.6 is 0 Å². The molecule has 0 aliphatic heterocycles. The van der Waals surface area contributed by atoms with E-state index in [0.29, 0.717) is 17.2 Å². The minimum Gasteiger partial charge on any atom is -0.496 e. The van der Waals surface area contributed by atoms with Gasteiger partial charge < -0.3 is 20.2 Å². The zero-order valence-corrected chi connectivity index (χ0v) is 16.4. The van der Waals surface area contributed by atoms with E-state index in [4.69, 9.17) is 14.9 Å². The third-order valence-corrected chi connectivity index (χ3v) is 4.51. The lowest BCUT2D eigenvalue weighted by Gasteiger charge is -2.10. The Morgan fingerprint density at radius 1 is 1.17 bits per heavy atom. The normalized spacial score (nSPS) is 10.9. The van der Waals surface area contributed by atoms with Crippen molar-refractivity contribution in [1.29, 1.82) is 0 Å². The molecule has 1 aromatic carbocycles. The Kier molecular flexibility index (Phi) is 4.58. The SMILES string of the molecule is COc1cc(Nc2nc(N)n(-c3cc(=O)n(C)c(=O)n3C)n2)ccc1-c1cnco1. The zero-order chi connectivity index (χ0) is 21.4. The number of benzene rings is 1. The smallest absolute Gasteiger partial charge is 0.332 e. The lowest BCUT2D eigenvalue weighted by atomic mass is 10.1. The molecule has 4 aromatic rings. The van der Waals surface area contributed by atoms with Crippen molar-refractivity contribution in [2.45, 2.75) is 0 Å². The molecular weight excluding hydrogens is 392 g/mol. The van der Waals surface area contributed by atoms with Gasteiger partial charge in [-0.1, -0.05) is 0 Å². The molecule has 0 aliphatic rings. The van der Waals surface area contributed by atoms with E-state index in [1.807, 2.05) is 0 Å². The van der Waals surface area contributed by atoms with Crippen LogP contribution in [0.1, 0.15) is 0 Å². The topological polar surface area (TPSA) is 148 Å². The van der Waals surface area contributed by atoms with Crippen LogP contribution < -0.4 is 27.0 Å². The predicted molar refractivity (Wildman–Crippen MR) is 108 cm³/mol. The van der Waals surface area contributed by atoms with Gasteiger partial charge in [-0.05, 0) is 12.1 Å². The van der Waals surface area contributed by atoms with Crippen LogP contribution in [0.4, 0.5) is 17.6 Å². The van der Waals surface area contributed by atoms with E-state index in [1.165, 1.54) is 35.8 Å². The molecule has 154 valence electrons. The van der Waals surface area contributed by atoms with Crippen molar-refractivity contribution in [3.05, 3.63) is 57.7 Å². The van der Waals surface area contributed by atoms with Crippen LogP contribution in [0, 0.1) is 0 Å². The van der Waals surface area contributed by atoms with Gasteiger partial charge in [-0.25, -0.2) is 9.78 Å². The van der Waals surface area contributed by atoms with Crippen LogP contribution in [0.2, 0.25) is 0 Å². The number of oxazole rings is 1. The Balaban J connectivity index is 1.68. The van der Waals surface area contributed by atoms with Gasteiger partial charge >= 0.3 is 5.69 Å². The molecular formula is C18H18N8O4. The summed E-state index contributed by atoms with van der Waals surface area (Å²) < 4.78 is 14.2. The molecule has 0 amide bonds. The number of anilines is 3. The first kappa shape index (κ1) is 19.0. The molecule has 0 fully saturated rings. The van der Waals surface area contributed by atoms with E-state index in [9.17, 15) is 9.59 Å². The third-order valence-electron chi connectivity index (χ3n) is 4.51. The predicted octanol–water partition coefficient (Wildman–Crippen LogP) is 0.654. The Bertz CT molecular complexity index is 1330. The van der Waals surface area contributed by atoms with Crippen molar-refractivity contribution in [1.82, 2.24) is 28.9 Å². The third kappa shape index (κ3) is 3.19. The summed E-state index contributed by atoms with van der Waals surface area (Å²) in [5, 5.41) is 7.29. The lowest BCUT2D eigenvalue weighted by molar-refractivity contribution is 0.415. The summed E-state index contributed by atoms with van der Waals surface area (Å²) in [6.45, 7) is 0. The average molecular weight is 410 g/mol. The monoisotopic (exact) mass is 410 g/mol. The molecule has 3 heterocycles. The van der Waals surface area contributed by atoms with Crippen LogP contribution in [0.25, 0.3) is 17.1 Å². The standard InChI is InChI=1S/C18H18N8O4/c1-24-14(7-15(27)25(2)18(24)28)26-16(19)22-17(23-26)21-10-4-5-11(12(6-10)29-3)13-8-20-9-30-13/h4-9H,1-3H3,(H3,19,21,22,23). The van der Waals surface area contributed by atoms with E-state index < -0.39 is 11.2 Å². The maximum Gasteiger partial charge on any atom is 0.332 e. The van der Waals surface area contributed by atoms with Gasteiger partial charge in [0.15, 0.2) is 12.2 Å². The summed E-state index contributed by atoms with van der Waals surface area (Å²) >= 11 is 0. The van der Waals surface area contributed by atoms with E-state index >= 15 is 0 Å². The number of nitrogens with zero attached hydrogens (tertiary/aromatic N) is 6. The number of nitrogens with one attached hydrogen (secondary N) is 1. The van der Waals surface area contributed by atoms with E-state index in [0.717, 1.165) is 10.1 Å². The van der Waals surface area contributed by atoms with E-state index in [1.54, 1.807) is 31.5 Å². The Morgan fingerprint density at radius 3 is 2.67 bits per heavy atom. The number of nitrogen functional groups attached to an aromatic ring is 1. The lowest BCUT2D eigenvalue weighted by Crippen LogP contribution is -2.38. The number of nitrogens with two attached hydrogens (primary N) is 1. The molecule has 3 N–H and O–H groups in total. The molecule has 0 bridgehead atoms. The summed E-state index contributed by atoms with van der Waals surface area (Å²) in [7, 11) is 4.45. The van der Waals surface area contributed by atoms with Gasteiger partial charge in [-0.2, -0.15) is 9.67 Å². The van der Waals surface area contributed by atoms with Crippen LogP contribution in [0.15, 0.2) is 50.9 Å². The van der Waals surface area contributed by atoms with Gasteiger partial charge in [0.25, 0.3) is 5.56 Å².